The number of nitrogens with one attached hydrogen (secondary N) is 1. The van der Waals surface area contributed by atoms with Crippen LogP contribution in [0.25, 0.3) is 0 Å². The highest BCUT2D eigenvalue weighted by Gasteiger charge is 2.27. The summed E-state index contributed by atoms with van der Waals surface area (Å²) in [6, 6.07) is -1.29. The summed E-state index contributed by atoms with van der Waals surface area (Å²) < 4.78 is 0. The Morgan fingerprint density at radius 2 is 1.94 bits per heavy atom. The number of hydrogen-bond donors (Lipinski definition) is 2. The fourth-order valence-electron chi connectivity index (χ4n) is 1.58. The van der Waals surface area contributed by atoms with Gasteiger partial charge in [0.05, 0.1) is 6.61 Å². The highest BCUT2D eigenvalue weighted by molar-refractivity contribution is 5.82. The Kier molecular flexibility index (Phi) is 9.00. The Hall–Kier alpha value is -1.30. The second kappa shape index (κ2) is 9.70. The van der Waals surface area contributed by atoms with Crippen molar-refractivity contribution in [3.8, 4) is 0 Å². The summed E-state index contributed by atoms with van der Waals surface area (Å²) in [5.74, 6) is -0.984. The number of carboxylic acids is 1. The number of rotatable bonds is 9. The second-order valence-electron chi connectivity index (χ2n) is 4.04. The van der Waals surface area contributed by atoms with Crippen LogP contribution in [0.5, 0.6) is 0 Å². The number of likely N-dealkylation sites (N-methyl/N-ethyl adjacent to an activating group) is 1. The van der Waals surface area contributed by atoms with Gasteiger partial charge in [0, 0.05) is 6.54 Å². The first-order chi connectivity index (χ1) is 8.58. The summed E-state index contributed by atoms with van der Waals surface area (Å²) in [6.45, 7) is 6.42. The van der Waals surface area contributed by atoms with E-state index in [2.05, 4.69) is 5.48 Å². The third kappa shape index (κ3) is 5.86. The summed E-state index contributed by atoms with van der Waals surface area (Å²) in [5.41, 5.74) is 2.29. The summed E-state index contributed by atoms with van der Waals surface area (Å²) >= 11 is 0. The molecule has 0 aromatic heterocycles. The second-order valence-corrected chi connectivity index (χ2v) is 4.04. The molecule has 0 aliphatic carbocycles. The zero-order chi connectivity index (χ0) is 14.0. The number of hydrogen-bond acceptors (Lipinski definition) is 3. The normalized spacial score (nSPS) is 11.9. The lowest BCUT2D eigenvalue weighted by molar-refractivity contribution is -0.142. The van der Waals surface area contributed by atoms with Crippen molar-refractivity contribution in [2.75, 3.05) is 13.2 Å². The van der Waals surface area contributed by atoms with Crippen molar-refractivity contribution in [3.05, 3.63) is 0 Å². The van der Waals surface area contributed by atoms with E-state index in [9.17, 15) is 9.59 Å². The van der Waals surface area contributed by atoms with Gasteiger partial charge >= 0.3 is 12.0 Å². The maximum atomic E-state index is 11.8. The number of carbonyl (C=O) groups excluding carboxylic acids is 1. The Morgan fingerprint density at radius 3 is 2.39 bits per heavy atom. The van der Waals surface area contributed by atoms with Crippen molar-refractivity contribution in [2.45, 2.75) is 52.5 Å². The number of urea groups is 1. The standard InChI is InChI=1S/C12H24N2O4/c1-4-7-9-18-13-12(17)14(6-3)10(8-5-2)11(15)16/h10H,4-9H2,1-3H3,(H,13,17)(H,15,16)/t10-/m0/s1. The van der Waals surface area contributed by atoms with Gasteiger partial charge in [-0.1, -0.05) is 26.7 Å². The van der Waals surface area contributed by atoms with Gasteiger partial charge in [-0.25, -0.2) is 15.1 Å². The molecule has 0 aromatic carbocycles. The molecule has 0 bridgehead atoms. The molecule has 0 saturated carbocycles. The van der Waals surface area contributed by atoms with Gasteiger partial charge in [-0.05, 0) is 19.8 Å². The minimum Gasteiger partial charge on any atom is -0.480 e. The van der Waals surface area contributed by atoms with Gasteiger partial charge in [0.1, 0.15) is 6.04 Å². The summed E-state index contributed by atoms with van der Waals surface area (Å²) in [4.78, 5) is 29.2. The van der Waals surface area contributed by atoms with Gasteiger partial charge in [-0.2, -0.15) is 0 Å². The maximum absolute atomic E-state index is 11.8. The van der Waals surface area contributed by atoms with E-state index in [1.54, 1.807) is 6.92 Å². The van der Waals surface area contributed by atoms with Crippen LogP contribution in [0.3, 0.4) is 0 Å². The first-order valence-electron chi connectivity index (χ1n) is 6.49. The lowest BCUT2D eigenvalue weighted by Crippen LogP contribution is -2.49. The van der Waals surface area contributed by atoms with Crippen LogP contribution in [0.2, 0.25) is 0 Å². The number of nitrogens with zero attached hydrogens (tertiary/aromatic N) is 1. The van der Waals surface area contributed by atoms with E-state index in [-0.39, 0.29) is 0 Å². The van der Waals surface area contributed by atoms with Gasteiger partial charge in [0.25, 0.3) is 0 Å². The molecule has 0 rings (SSSR count). The molecular weight excluding hydrogens is 236 g/mol. The van der Waals surface area contributed by atoms with Gasteiger partial charge in [-0.15, -0.1) is 0 Å². The van der Waals surface area contributed by atoms with Crippen molar-refractivity contribution in [3.63, 3.8) is 0 Å². The first kappa shape index (κ1) is 16.7. The number of unbranched alkanes of at least 4 members (excludes halogenated alkanes) is 1. The van der Waals surface area contributed by atoms with Crippen molar-refractivity contribution < 1.29 is 19.5 Å². The zero-order valence-electron chi connectivity index (χ0n) is 11.4. The molecule has 2 N–H and O–H groups in total. The van der Waals surface area contributed by atoms with E-state index in [4.69, 9.17) is 9.94 Å². The summed E-state index contributed by atoms with van der Waals surface area (Å²) in [6.07, 6.45) is 2.97. The van der Waals surface area contributed by atoms with Gasteiger partial charge < -0.3 is 10.0 Å². The summed E-state index contributed by atoms with van der Waals surface area (Å²) in [7, 11) is 0. The Balaban J connectivity index is 4.34. The molecule has 6 nitrogen and oxygen atoms in total. The highest BCUT2D eigenvalue weighted by Crippen LogP contribution is 2.08. The smallest absolute Gasteiger partial charge is 0.342 e. The van der Waals surface area contributed by atoms with Crippen LogP contribution in [0.4, 0.5) is 4.79 Å². The molecular formula is C12H24N2O4. The van der Waals surface area contributed by atoms with E-state index in [1.165, 1.54) is 4.90 Å². The lowest BCUT2D eigenvalue weighted by Gasteiger charge is -2.27. The van der Waals surface area contributed by atoms with Crippen LogP contribution in [-0.2, 0) is 9.63 Å². The molecule has 1 atom stereocenters. The van der Waals surface area contributed by atoms with Gasteiger partial charge in [0.2, 0.25) is 0 Å². The third-order valence-electron chi connectivity index (χ3n) is 2.58. The van der Waals surface area contributed by atoms with Crippen molar-refractivity contribution in [2.24, 2.45) is 0 Å². The van der Waals surface area contributed by atoms with Crippen LogP contribution < -0.4 is 5.48 Å². The van der Waals surface area contributed by atoms with E-state index >= 15 is 0 Å². The molecule has 18 heavy (non-hydrogen) atoms. The summed E-state index contributed by atoms with van der Waals surface area (Å²) in [5, 5.41) is 9.10. The average molecular weight is 260 g/mol. The largest absolute Gasteiger partial charge is 0.480 e. The molecule has 0 heterocycles. The highest BCUT2D eigenvalue weighted by atomic mass is 16.7. The average Bonchev–Trinajstić information content (AvgIpc) is 2.34. The molecule has 0 radical (unpaired) electrons. The van der Waals surface area contributed by atoms with Crippen molar-refractivity contribution >= 4 is 12.0 Å². The molecule has 0 aliphatic heterocycles. The first-order valence-corrected chi connectivity index (χ1v) is 6.49. The number of carboxylic acid groups (broad SMARTS) is 1. The van der Waals surface area contributed by atoms with Gasteiger partial charge in [0.15, 0.2) is 0 Å². The molecule has 0 saturated heterocycles. The minimum atomic E-state index is -0.984. The SMILES string of the molecule is CCCCONC(=O)N(CC)[C@@H](CCC)C(=O)O. The number of amides is 2. The predicted octanol–water partition coefficient (Wildman–Crippen LogP) is 2.00. The Morgan fingerprint density at radius 1 is 1.28 bits per heavy atom. The molecule has 0 aliphatic rings. The molecule has 0 aromatic rings. The van der Waals surface area contributed by atoms with Crippen LogP contribution in [0, 0.1) is 0 Å². The zero-order valence-corrected chi connectivity index (χ0v) is 11.4. The van der Waals surface area contributed by atoms with Gasteiger partial charge in [-0.3, -0.25) is 4.84 Å². The van der Waals surface area contributed by atoms with E-state index in [1.807, 2.05) is 13.8 Å². The number of hydroxylamine groups is 1. The molecule has 0 unspecified atom stereocenters. The van der Waals surface area contributed by atoms with E-state index in [0.29, 0.717) is 26.0 Å². The molecule has 6 heteroatoms. The molecule has 106 valence electrons. The van der Waals surface area contributed by atoms with Crippen LogP contribution in [0.15, 0.2) is 0 Å². The Labute approximate surface area is 108 Å². The maximum Gasteiger partial charge on any atom is 0.342 e. The van der Waals surface area contributed by atoms with Crippen LogP contribution in [-0.4, -0.2) is 41.2 Å². The number of aliphatic carboxylic acids is 1. The fourth-order valence-corrected chi connectivity index (χ4v) is 1.58. The van der Waals surface area contributed by atoms with Crippen LogP contribution >= 0.6 is 0 Å². The van der Waals surface area contributed by atoms with Crippen molar-refractivity contribution in [1.29, 1.82) is 0 Å². The molecule has 0 fully saturated rings. The quantitative estimate of drug-likeness (QED) is 0.491. The monoisotopic (exact) mass is 260 g/mol. The Bertz CT molecular complexity index is 258. The number of carbonyl (C=O) groups is 2. The molecule has 2 amide bonds. The van der Waals surface area contributed by atoms with Crippen LogP contribution in [0.1, 0.15) is 46.5 Å². The van der Waals surface area contributed by atoms with E-state index < -0.39 is 18.0 Å². The van der Waals surface area contributed by atoms with Crippen molar-refractivity contribution in [1.82, 2.24) is 10.4 Å². The van der Waals surface area contributed by atoms with E-state index in [0.717, 1.165) is 12.8 Å². The fraction of sp³-hybridized carbons (Fsp3) is 0.833. The lowest BCUT2D eigenvalue weighted by atomic mass is 10.1. The minimum absolute atomic E-state index is 0.333. The third-order valence-corrected chi connectivity index (χ3v) is 2.58. The predicted molar refractivity (Wildman–Crippen MR) is 68.1 cm³/mol. The topological polar surface area (TPSA) is 78.9 Å². The molecule has 0 spiro atoms.